The van der Waals surface area contributed by atoms with E-state index in [1.165, 1.54) is 6.07 Å². The number of benzene rings is 2. The highest BCUT2D eigenvalue weighted by atomic mass is 35.5. The van der Waals surface area contributed by atoms with E-state index < -0.39 is 5.82 Å². The molecule has 0 atom stereocenters. The fourth-order valence-corrected chi connectivity index (χ4v) is 3.63. The summed E-state index contributed by atoms with van der Waals surface area (Å²) in [5.41, 5.74) is 2.70. The number of nitrogens with one attached hydrogen (secondary N) is 2. The summed E-state index contributed by atoms with van der Waals surface area (Å²) in [6.45, 7) is 7.33. The van der Waals surface area contributed by atoms with Crippen molar-refractivity contribution in [2.75, 3.05) is 10.6 Å². The molecule has 2 aromatic carbocycles. The minimum atomic E-state index is -0.438. The van der Waals surface area contributed by atoms with Crippen LogP contribution in [0.2, 0.25) is 10.0 Å². The van der Waals surface area contributed by atoms with Crippen molar-refractivity contribution in [3.63, 3.8) is 0 Å². The number of hydrogen-bond donors (Lipinski definition) is 2. The van der Waals surface area contributed by atoms with Crippen LogP contribution in [0.4, 0.5) is 16.0 Å². The van der Waals surface area contributed by atoms with Crippen LogP contribution in [0.5, 0.6) is 0 Å². The second-order valence-electron chi connectivity index (χ2n) is 6.97. The molecule has 0 bridgehead atoms. The number of anilines is 2. The molecule has 0 fully saturated rings. The van der Waals surface area contributed by atoms with Crippen molar-refractivity contribution >= 4 is 34.8 Å². The van der Waals surface area contributed by atoms with Crippen molar-refractivity contribution in [1.29, 1.82) is 0 Å². The van der Waals surface area contributed by atoms with E-state index in [0.29, 0.717) is 61.3 Å². The van der Waals surface area contributed by atoms with Crippen LogP contribution in [0.25, 0.3) is 22.5 Å². The van der Waals surface area contributed by atoms with E-state index in [1.54, 1.807) is 38.1 Å². The van der Waals surface area contributed by atoms with Crippen LogP contribution in [0.1, 0.15) is 18.4 Å². The van der Waals surface area contributed by atoms with Gasteiger partial charge in [-0.1, -0.05) is 47.1 Å². The Bertz CT molecular complexity index is 1300. The Hall–Kier alpha value is -3.43. The zero-order chi connectivity index (χ0) is 22.8. The molecule has 0 amide bonds. The average Bonchev–Trinajstić information content (AvgIpc) is 3.34. The molecule has 2 heterocycles. The number of rotatable bonds is 7. The summed E-state index contributed by atoms with van der Waals surface area (Å²) in [4.78, 5) is 4.24. The van der Waals surface area contributed by atoms with Gasteiger partial charge in [0.2, 0.25) is 23.4 Å². The zero-order valence-electron chi connectivity index (χ0n) is 17.0. The molecule has 0 aliphatic rings. The van der Waals surface area contributed by atoms with Crippen LogP contribution in [-0.4, -0.2) is 20.5 Å². The lowest BCUT2D eigenvalue weighted by molar-refractivity contribution is 0.310. The Labute approximate surface area is 192 Å². The summed E-state index contributed by atoms with van der Waals surface area (Å²) >= 11 is 12.6. The lowest BCUT2D eigenvalue weighted by atomic mass is 9.97. The SMILES string of the molecule is C=C(C)Nc1nonc1NCc1ccc(-c2cc(Cl)cc(Cl)c2-c2noc(C)n2)cc1F. The largest absolute Gasteiger partial charge is 0.360 e. The Balaban J connectivity index is 1.63. The maximum atomic E-state index is 15.0. The predicted molar refractivity (Wildman–Crippen MR) is 120 cm³/mol. The molecule has 164 valence electrons. The Morgan fingerprint density at radius 2 is 1.91 bits per heavy atom. The Kier molecular flexibility index (Phi) is 6.11. The van der Waals surface area contributed by atoms with Crippen molar-refractivity contribution in [1.82, 2.24) is 20.5 Å². The van der Waals surface area contributed by atoms with Gasteiger partial charge in [0, 0.05) is 35.3 Å². The van der Waals surface area contributed by atoms with Crippen LogP contribution in [0.15, 0.2) is 51.8 Å². The number of halogens is 3. The molecule has 4 rings (SSSR count). The topological polar surface area (TPSA) is 102 Å². The molecule has 11 heteroatoms. The number of allylic oxidation sites excluding steroid dienone is 1. The maximum Gasteiger partial charge on any atom is 0.223 e. The molecule has 0 radical (unpaired) electrons. The third-order valence-electron chi connectivity index (χ3n) is 4.44. The van der Waals surface area contributed by atoms with E-state index in [1.807, 2.05) is 0 Å². The average molecular weight is 475 g/mol. The van der Waals surface area contributed by atoms with E-state index >= 15 is 0 Å². The fraction of sp³-hybridized carbons (Fsp3) is 0.143. The van der Waals surface area contributed by atoms with Crippen LogP contribution in [-0.2, 0) is 6.54 Å². The van der Waals surface area contributed by atoms with Crippen LogP contribution in [0.3, 0.4) is 0 Å². The van der Waals surface area contributed by atoms with Gasteiger partial charge >= 0.3 is 0 Å². The first kappa shape index (κ1) is 21.8. The third-order valence-corrected chi connectivity index (χ3v) is 4.95. The zero-order valence-corrected chi connectivity index (χ0v) is 18.6. The quantitative estimate of drug-likeness (QED) is 0.331. The first-order valence-corrected chi connectivity index (χ1v) is 10.1. The van der Waals surface area contributed by atoms with Gasteiger partial charge in [0.25, 0.3) is 0 Å². The van der Waals surface area contributed by atoms with E-state index in [9.17, 15) is 4.39 Å². The van der Waals surface area contributed by atoms with E-state index in [0.717, 1.165) is 0 Å². The van der Waals surface area contributed by atoms with E-state index in [-0.39, 0.29) is 6.54 Å². The molecule has 0 spiro atoms. The number of hydrogen-bond acceptors (Lipinski definition) is 8. The first-order valence-electron chi connectivity index (χ1n) is 9.39. The standard InChI is InChI=1S/C21H17Cl2FN6O2/c1-10(2)26-21-20(29-32-30-21)25-9-13-5-4-12(6-17(13)24)15-7-14(22)8-16(23)18(15)19-27-11(3)31-28-19/h4-8H,1,9H2,2-3H3,(H,25,29)(H,26,30). The van der Waals surface area contributed by atoms with Crippen molar-refractivity contribution in [3.05, 3.63) is 69.9 Å². The van der Waals surface area contributed by atoms with E-state index in [2.05, 4.69) is 37.7 Å². The number of aromatic nitrogens is 4. The van der Waals surface area contributed by atoms with Gasteiger partial charge < -0.3 is 15.2 Å². The summed E-state index contributed by atoms with van der Waals surface area (Å²) < 4.78 is 24.8. The summed E-state index contributed by atoms with van der Waals surface area (Å²) in [5, 5.41) is 18.1. The summed E-state index contributed by atoms with van der Waals surface area (Å²) in [6.07, 6.45) is 0. The minimum Gasteiger partial charge on any atom is -0.360 e. The number of nitrogens with zero attached hydrogens (tertiary/aromatic N) is 4. The normalized spacial score (nSPS) is 10.9. The summed E-state index contributed by atoms with van der Waals surface area (Å²) in [6, 6.07) is 8.05. The Morgan fingerprint density at radius 3 is 2.59 bits per heavy atom. The highest BCUT2D eigenvalue weighted by molar-refractivity contribution is 6.37. The third kappa shape index (κ3) is 4.58. The lowest BCUT2D eigenvalue weighted by Gasteiger charge is -2.12. The van der Waals surface area contributed by atoms with Gasteiger partial charge in [-0.2, -0.15) is 4.98 Å². The maximum absolute atomic E-state index is 15.0. The predicted octanol–water partition coefficient (Wildman–Crippen LogP) is 6.10. The van der Waals surface area contributed by atoms with E-state index in [4.69, 9.17) is 32.4 Å². The fourth-order valence-electron chi connectivity index (χ4n) is 3.06. The van der Waals surface area contributed by atoms with Crippen LogP contribution in [0, 0.1) is 12.7 Å². The lowest BCUT2D eigenvalue weighted by Crippen LogP contribution is -2.05. The summed E-state index contributed by atoms with van der Waals surface area (Å²) in [7, 11) is 0. The minimum absolute atomic E-state index is 0.151. The van der Waals surface area contributed by atoms with Crippen molar-refractivity contribution in [3.8, 4) is 22.5 Å². The van der Waals surface area contributed by atoms with Gasteiger partial charge in [-0.3, -0.25) is 0 Å². The molecule has 8 nitrogen and oxygen atoms in total. The number of aryl methyl sites for hydroxylation is 1. The molecule has 0 saturated carbocycles. The molecule has 0 unspecified atom stereocenters. The molecule has 4 aromatic rings. The molecule has 0 aliphatic heterocycles. The monoisotopic (exact) mass is 474 g/mol. The second-order valence-corrected chi connectivity index (χ2v) is 7.82. The highest BCUT2D eigenvalue weighted by Gasteiger charge is 2.19. The van der Waals surface area contributed by atoms with Crippen molar-refractivity contribution in [2.45, 2.75) is 20.4 Å². The van der Waals surface area contributed by atoms with Crippen molar-refractivity contribution < 1.29 is 13.5 Å². The second kappa shape index (κ2) is 8.97. The molecule has 32 heavy (non-hydrogen) atoms. The molecule has 0 aliphatic carbocycles. The van der Waals surface area contributed by atoms with Crippen LogP contribution >= 0.6 is 23.2 Å². The molecular formula is C21H17Cl2FN6O2. The van der Waals surface area contributed by atoms with Gasteiger partial charge in [-0.25, -0.2) is 9.02 Å². The highest BCUT2D eigenvalue weighted by Crippen LogP contribution is 2.39. The molecule has 2 aromatic heterocycles. The van der Waals surface area contributed by atoms with Gasteiger partial charge in [-0.15, -0.1) is 0 Å². The smallest absolute Gasteiger partial charge is 0.223 e. The molecular weight excluding hydrogens is 458 g/mol. The van der Waals surface area contributed by atoms with Crippen LogP contribution < -0.4 is 10.6 Å². The van der Waals surface area contributed by atoms with Crippen molar-refractivity contribution in [2.24, 2.45) is 0 Å². The summed E-state index contributed by atoms with van der Waals surface area (Å²) in [5.74, 6) is 0.942. The molecule has 0 saturated heterocycles. The Morgan fingerprint density at radius 1 is 1.12 bits per heavy atom. The first-order chi connectivity index (χ1) is 15.3. The molecule has 2 N–H and O–H groups in total. The van der Waals surface area contributed by atoms with Gasteiger partial charge in [-0.05, 0) is 46.6 Å². The van der Waals surface area contributed by atoms with Gasteiger partial charge in [0.15, 0.2) is 0 Å². The van der Waals surface area contributed by atoms with Gasteiger partial charge in [0.05, 0.1) is 5.02 Å². The van der Waals surface area contributed by atoms with Gasteiger partial charge in [0.1, 0.15) is 5.82 Å².